The van der Waals surface area contributed by atoms with E-state index >= 15 is 0 Å². The summed E-state index contributed by atoms with van der Waals surface area (Å²) in [4.78, 5) is 19.0. The molecule has 170 valence electrons. The number of Topliss-reactive ketones (excluding diaryl/α,β-unsaturated/α-hetero) is 1. The van der Waals surface area contributed by atoms with Crippen molar-refractivity contribution in [1.29, 1.82) is 0 Å². The minimum absolute atomic E-state index is 0.178. The lowest BCUT2D eigenvalue weighted by atomic mass is 10.00. The predicted octanol–water partition coefficient (Wildman–Crippen LogP) is 3.62. The van der Waals surface area contributed by atoms with Crippen molar-refractivity contribution in [3.8, 4) is 0 Å². The van der Waals surface area contributed by atoms with Gasteiger partial charge in [-0.05, 0) is 50.1 Å². The van der Waals surface area contributed by atoms with E-state index in [2.05, 4.69) is 42.2 Å². The summed E-state index contributed by atoms with van der Waals surface area (Å²) in [6.45, 7) is 0.459. The first-order valence-electron chi connectivity index (χ1n) is 9.68. The van der Waals surface area contributed by atoms with Gasteiger partial charge in [-0.15, -0.1) is 0 Å². The van der Waals surface area contributed by atoms with Crippen LogP contribution in [0.1, 0.15) is 27.9 Å². The maximum atomic E-state index is 13.5. The molecule has 1 aliphatic heterocycles. The Morgan fingerprint density at radius 2 is 1.94 bits per heavy atom. The normalized spacial score (nSPS) is 16.4. The van der Waals surface area contributed by atoms with Crippen molar-refractivity contribution in [2.75, 3.05) is 20.6 Å². The lowest BCUT2D eigenvalue weighted by Crippen LogP contribution is -2.38. The highest BCUT2D eigenvalue weighted by Crippen LogP contribution is 2.36. The zero-order chi connectivity index (χ0) is 23.2. The standard InChI is InChI=1S/C20H21Br2N5O3S2/c1-25(2)32(29,30)27-14-9-10-23-17(18(28)15-11-13(21)19(22)26(15)3)16(14)24-20(27)31-12-7-5-4-6-8-12/h4-8,11,17,23H,9-10H2,1-3H3. The number of hydrogen-bond donors (Lipinski definition) is 1. The molecule has 1 atom stereocenters. The minimum Gasteiger partial charge on any atom is -0.335 e. The summed E-state index contributed by atoms with van der Waals surface area (Å²) in [6.07, 6.45) is 0.440. The van der Waals surface area contributed by atoms with Gasteiger partial charge in [0.15, 0.2) is 5.16 Å². The van der Waals surface area contributed by atoms with Gasteiger partial charge in [-0.25, -0.2) is 8.96 Å². The highest BCUT2D eigenvalue weighted by molar-refractivity contribution is 9.13. The second-order valence-corrected chi connectivity index (χ2v) is 12.1. The molecule has 8 nitrogen and oxygen atoms in total. The van der Waals surface area contributed by atoms with E-state index in [1.165, 1.54) is 29.8 Å². The zero-order valence-corrected chi connectivity index (χ0v) is 22.3. The van der Waals surface area contributed by atoms with Gasteiger partial charge in [0, 0.05) is 39.0 Å². The molecule has 3 heterocycles. The Morgan fingerprint density at radius 1 is 1.25 bits per heavy atom. The van der Waals surface area contributed by atoms with Gasteiger partial charge in [-0.2, -0.15) is 12.7 Å². The molecule has 4 rings (SSSR count). The fourth-order valence-electron chi connectivity index (χ4n) is 3.53. The predicted molar refractivity (Wildman–Crippen MR) is 130 cm³/mol. The van der Waals surface area contributed by atoms with Crippen LogP contribution in [-0.2, 0) is 23.7 Å². The molecule has 0 radical (unpaired) electrons. The van der Waals surface area contributed by atoms with Crippen LogP contribution in [-0.4, -0.2) is 52.7 Å². The second-order valence-electron chi connectivity index (χ2n) is 7.42. The second kappa shape index (κ2) is 9.07. The van der Waals surface area contributed by atoms with Gasteiger partial charge in [0.2, 0.25) is 5.78 Å². The number of fused-ring (bicyclic) bond motifs is 1. The molecule has 0 bridgehead atoms. The third-order valence-electron chi connectivity index (χ3n) is 5.19. The number of benzene rings is 1. The van der Waals surface area contributed by atoms with E-state index in [1.807, 2.05) is 30.3 Å². The molecule has 32 heavy (non-hydrogen) atoms. The molecule has 1 N–H and O–H groups in total. The van der Waals surface area contributed by atoms with Crippen LogP contribution in [0.25, 0.3) is 0 Å². The van der Waals surface area contributed by atoms with E-state index in [1.54, 1.807) is 17.7 Å². The summed E-state index contributed by atoms with van der Waals surface area (Å²) in [7, 11) is 0.921. The first kappa shape index (κ1) is 23.7. The summed E-state index contributed by atoms with van der Waals surface area (Å²) in [5.41, 5.74) is 1.46. The van der Waals surface area contributed by atoms with Crippen molar-refractivity contribution in [2.45, 2.75) is 22.5 Å². The van der Waals surface area contributed by atoms with E-state index in [4.69, 9.17) is 0 Å². The molecule has 12 heteroatoms. The molecule has 0 amide bonds. The number of ketones is 1. The average Bonchev–Trinajstić information content (AvgIpc) is 3.26. The highest BCUT2D eigenvalue weighted by Gasteiger charge is 2.37. The lowest BCUT2D eigenvalue weighted by molar-refractivity contribution is 0.0929. The Bertz CT molecular complexity index is 1290. The first-order valence-corrected chi connectivity index (χ1v) is 13.5. The molecular formula is C20H21Br2N5O3S2. The number of nitrogens with one attached hydrogen (secondary N) is 1. The Labute approximate surface area is 207 Å². The maximum absolute atomic E-state index is 13.5. The Hall–Kier alpha value is -1.44. The van der Waals surface area contributed by atoms with Gasteiger partial charge in [0.25, 0.3) is 0 Å². The molecule has 0 aliphatic carbocycles. The fraction of sp³-hybridized carbons (Fsp3) is 0.300. The number of aromatic nitrogens is 3. The number of carbonyl (C=O) groups excluding carboxylic acids is 1. The molecule has 0 spiro atoms. The summed E-state index contributed by atoms with van der Waals surface area (Å²) in [5.74, 6) is -0.178. The van der Waals surface area contributed by atoms with Gasteiger partial charge in [-0.3, -0.25) is 4.79 Å². The summed E-state index contributed by atoms with van der Waals surface area (Å²) < 4.78 is 32.2. The van der Waals surface area contributed by atoms with E-state index in [9.17, 15) is 13.2 Å². The van der Waals surface area contributed by atoms with Gasteiger partial charge in [0.1, 0.15) is 6.04 Å². The molecule has 0 saturated heterocycles. The van der Waals surface area contributed by atoms with Crippen molar-refractivity contribution >= 4 is 59.6 Å². The smallest absolute Gasteiger partial charge is 0.309 e. The molecule has 1 unspecified atom stereocenters. The molecule has 0 saturated carbocycles. The molecule has 0 fully saturated rings. The van der Waals surface area contributed by atoms with Crippen molar-refractivity contribution < 1.29 is 13.2 Å². The SMILES string of the molecule is CN(C)S(=O)(=O)n1c(Sc2ccccc2)nc2c1CCNC2C(=O)c1cc(Br)c(Br)n1C. The van der Waals surface area contributed by atoms with E-state index in [0.717, 1.165) is 18.3 Å². The van der Waals surface area contributed by atoms with Crippen LogP contribution in [0.15, 0.2) is 55.5 Å². The molecule has 1 aliphatic rings. The maximum Gasteiger partial charge on any atom is 0.309 e. The van der Waals surface area contributed by atoms with Crippen LogP contribution in [0.5, 0.6) is 0 Å². The number of imidazole rings is 1. The zero-order valence-electron chi connectivity index (χ0n) is 17.5. The summed E-state index contributed by atoms with van der Waals surface area (Å²) >= 11 is 8.15. The molecular weight excluding hydrogens is 582 g/mol. The van der Waals surface area contributed by atoms with E-state index in [-0.39, 0.29) is 5.78 Å². The van der Waals surface area contributed by atoms with Gasteiger partial charge >= 0.3 is 10.2 Å². The molecule has 1 aromatic carbocycles. The minimum atomic E-state index is -3.84. The van der Waals surface area contributed by atoms with Crippen LogP contribution < -0.4 is 5.32 Å². The van der Waals surface area contributed by atoms with Gasteiger partial charge in [0.05, 0.1) is 26.2 Å². The van der Waals surface area contributed by atoms with Crippen LogP contribution in [0.3, 0.4) is 0 Å². The monoisotopic (exact) mass is 601 g/mol. The Morgan fingerprint density at radius 3 is 2.53 bits per heavy atom. The van der Waals surface area contributed by atoms with Crippen molar-refractivity contribution in [1.82, 2.24) is 23.1 Å². The van der Waals surface area contributed by atoms with Gasteiger partial charge < -0.3 is 9.88 Å². The Kier molecular flexibility index (Phi) is 6.72. The first-order chi connectivity index (χ1) is 15.1. The summed E-state index contributed by atoms with van der Waals surface area (Å²) in [6, 6.07) is 10.4. The van der Waals surface area contributed by atoms with Crippen LogP contribution >= 0.6 is 43.6 Å². The van der Waals surface area contributed by atoms with Crippen LogP contribution in [0, 0.1) is 0 Å². The van der Waals surface area contributed by atoms with Crippen molar-refractivity contribution in [3.05, 3.63) is 62.6 Å². The average molecular weight is 603 g/mol. The third-order valence-corrected chi connectivity index (χ3v) is 10.1. The molecule has 3 aromatic rings. The lowest BCUT2D eigenvalue weighted by Gasteiger charge is -2.24. The fourth-order valence-corrected chi connectivity index (χ4v) is 6.58. The van der Waals surface area contributed by atoms with Crippen LogP contribution in [0.2, 0.25) is 0 Å². The Balaban J connectivity index is 1.85. The highest BCUT2D eigenvalue weighted by atomic mass is 79.9. The molecule has 2 aromatic heterocycles. The summed E-state index contributed by atoms with van der Waals surface area (Å²) in [5, 5.41) is 3.54. The van der Waals surface area contributed by atoms with Crippen molar-refractivity contribution in [2.24, 2.45) is 7.05 Å². The number of carbonyl (C=O) groups is 1. The van der Waals surface area contributed by atoms with Gasteiger partial charge in [-0.1, -0.05) is 30.0 Å². The van der Waals surface area contributed by atoms with E-state index in [0.29, 0.717) is 35.2 Å². The number of nitrogens with zero attached hydrogens (tertiary/aromatic N) is 4. The number of halogens is 2. The number of hydrogen-bond acceptors (Lipinski definition) is 6. The van der Waals surface area contributed by atoms with E-state index < -0.39 is 16.3 Å². The van der Waals surface area contributed by atoms with Crippen LogP contribution in [0.4, 0.5) is 0 Å². The quantitative estimate of drug-likeness (QED) is 0.434. The van der Waals surface area contributed by atoms with Crippen molar-refractivity contribution in [3.63, 3.8) is 0 Å². The third kappa shape index (κ3) is 4.12. The largest absolute Gasteiger partial charge is 0.335 e. The number of rotatable bonds is 6. The topological polar surface area (TPSA) is 89.2 Å².